The van der Waals surface area contributed by atoms with Gasteiger partial charge in [0.15, 0.2) is 0 Å². The summed E-state index contributed by atoms with van der Waals surface area (Å²) in [7, 11) is 0. The van der Waals surface area contributed by atoms with Crippen LogP contribution in [0.2, 0.25) is 0 Å². The van der Waals surface area contributed by atoms with Crippen LogP contribution in [0.15, 0.2) is 0 Å². The Morgan fingerprint density at radius 2 is 1.64 bits per heavy atom. The smallest absolute Gasteiger partial charge is 0.110 e. The highest BCUT2D eigenvalue weighted by Gasteiger charge is 2.23. The van der Waals surface area contributed by atoms with Gasteiger partial charge in [-0.05, 0) is 0 Å². The van der Waals surface area contributed by atoms with Gasteiger partial charge >= 0.3 is 0 Å². The fourth-order valence-electron chi connectivity index (χ4n) is 0.539. The third-order valence-electron chi connectivity index (χ3n) is 1.22. The predicted molar refractivity (Wildman–Crippen MR) is 33.7 cm³/mol. The molecule has 5 N–H and O–H groups in total. The maximum absolute atomic E-state index is 8.87. The summed E-state index contributed by atoms with van der Waals surface area (Å²) in [5.41, 5.74) is 0. The summed E-state index contributed by atoms with van der Waals surface area (Å²) in [6.45, 7) is -1.18. The molecule has 6 nitrogen and oxygen atoms in total. The maximum atomic E-state index is 8.87. The van der Waals surface area contributed by atoms with Gasteiger partial charge in [0, 0.05) is 0 Å². The molecule has 0 fully saturated rings. The van der Waals surface area contributed by atoms with E-state index in [9.17, 15) is 0 Å². The Hall–Kier alpha value is -0.240. The average Bonchev–Trinajstić information content (AvgIpc) is 2.02. The molecular formula is C5H12O6. The quantitative estimate of drug-likeness (QED) is 0.230. The molecule has 11 heavy (non-hydrogen) atoms. The van der Waals surface area contributed by atoms with Crippen LogP contribution in [0.1, 0.15) is 0 Å². The molecule has 0 aliphatic heterocycles. The summed E-state index contributed by atoms with van der Waals surface area (Å²) >= 11 is 0. The summed E-state index contributed by atoms with van der Waals surface area (Å²) in [6.07, 6.45) is -4.37. The molecule has 0 aromatic heterocycles. The highest BCUT2D eigenvalue weighted by Crippen LogP contribution is 1.99. The number of aliphatic hydroxyl groups is 4. The fourth-order valence-corrected chi connectivity index (χ4v) is 0.539. The molecule has 3 atom stereocenters. The zero-order chi connectivity index (χ0) is 8.85. The van der Waals surface area contributed by atoms with Gasteiger partial charge in [-0.3, -0.25) is 5.26 Å². The van der Waals surface area contributed by atoms with Crippen LogP contribution in [0, 0.1) is 0 Å². The monoisotopic (exact) mass is 168 g/mol. The number of hydrogen-bond donors (Lipinski definition) is 5. The molecule has 0 amide bonds. The first-order valence-electron chi connectivity index (χ1n) is 3.05. The molecule has 0 aliphatic carbocycles. The van der Waals surface area contributed by atoms with E-state index in [1.54, 1.807) is 0 Å². The third-order valence-corrected chi connectivity index (χ3v) is 1.22. The van der Waals surface area contributed by atoms with Gasteiger partial charge in [-0.25, -0.2) is 4.89 Å². The van der Waals surface area contributed by atoms with Crippen LogP contribution in [0.25, 0.3) is 0 Å². The second-order valence-corrected chi connectivity index (χ2v) is 2.10. The molecule has 0 heterocycles. The van der Waals surface area contributed by atoms with Gasteiger partial charge in [0.25, 0.3) is 0 Å². The van der Waals surface area contributed by atoms with Crippen molar-refractivity contribution in [2.45, 2.75) is 18.3 Å². The van der Waals surface area contributed by atoms with Crippen LogP contribution in [0.4, 0.5) is 0 Å². The molecule has 0 unspecified atom stereocenters. The second-order valence-electron chi connectivity index (χ2n) is 2.10. The summed E-state index contributed by atoms with van der Waals surface area (Å²) in [6, 6.07) is 0. The lowest BCUT2D eigenvalue weighted by atomic mass is 10.1. The Balaban J connectivity index is 3.70. The van der Waals surface area contributed by atoms with Crippen molar-refractivity contribution in [1.82, 2.24) is 0 Å². The van der Waals surface area contributed by atoms with E-state index < -0.39 is 31.5 Å². The van der Waals surface area contributed by atoms with Crippen molar-refractivity contribution in [1.29, 1.82) is 0 Å². The van der Waals surface area contributed by atoms with Crippen molar-refractivity contribution in [2.24, 2.45) is 0 Å². The SMILES string of the molecule is OC[C@@H](O)[C@H](O)[C@@H](O)COO. The van der Waals surface area contributed by atoms with E-state index in [1.165, 1.54) is 0 Å². The minimum atomic E-state index is -1.52. The van der Waals surface area contributed by atoms with Gasteiger partial charge in [0.2, 0.25) is 0 Å². The summed E-state index contributed by atoms with van der Waals surface area (Å²) in [5, 5.41) is 42.5. The molecule has 0 radical (unpaired) electrons. The number of hydrogen-bond acceptors (Lipinski definition) is 6. The maximum Gasteiger partial charge on any atom is 0.110 e. The third kappa shape index (κ3) is 3.61. The zero-order valence-electron chi connectivity index (χ0n) is 5.79. The molecule has 0 saturated carbocycles. The van der Waals surface area contributed by atoms with Crippen LogP contribution < -0.4 is 0 Å². The van der Waals surface area contributed by atoms with Crippen LogP contribution in [0.3, 0.4) is 0 Å². The Kier molecular flexibility index (Phi) is 5.30. The molecule has 68 valence electrons. The second kappa shape index (κ2) is 5.42. The van der Waals surface area contributed by atoms with E-state index in [0.717, 1.165) is 0 Å². The van der Waals surface area contributed by atoms with E-state index in [4.69, 9.17) is 25.7 Å². The molecular weight excluding hydrogens is 156 g/mol. The van der Waals surface area contributed by atoms with Gasteiger partial charge in [0.05, 0.1) is 6.61 Å². The first-order valence-corrected chi connectivity index (χ1v) is 3.05. The zero-order valence-corrected chi connectivity index (χ0v) is 5.79. The highest BCUT2D eigenvalue weighted by atomic mass is 17.1. The Labute approximate surface area is 63.2 Å². The lowest BCUT2D eigenvalue weighted by Gasteiger charge is -2.19. The number of rotatable bonds is 5. The van der Waals surface area contributed by atoms with Gasteiger partial charge in [0.1, 0.15) is 24.9 Å². The summed E-state index contributed by atoms with van der Waals surface area (Å²) in [4.78, 5) is 3.52. The lowest BCUT2D eigenvalue weighted by molar-refractivity contribution is -0.266. The molecule has 0 rings (SSSR count). The topological polar surface area (TPSA) is 110 Å². The molecule has 0 aromatic rings. The Morgan fingerprint density at radius 1 is 1.09 bits per heavy atom. The van der Waals surface area contributed by atoms with Crippen LogP contribution >= 0.6 is 0 Å². The van der Waals surface area contributed by atoms with Crippen molar-refractivity contribution in [3.8, 4) is 0 Å². The fraction of sp³-hybridized carbons (Fsp3) is 1.00. The predicted octanol–water partition coefficient (Wildman–Crippen LogP) is -2.45. The van der Waals surface area contributed by atoms with Gasteiger partial charge in [-0.2, -0.15) is 0 Å². The van der Waals surface area contributed by atoms with Crippen molar-refractivity contribution in [3.05, 3.63) is 0 Å². The lowest BCUT2D eigenvalue weighted by Crippen LogP contribution is -2.41. The standard InChI is InChI=1S/C5H12O6/c6-1-3(7)5(9)4(8)2-11-10/h3-10H,1-2H2/t3-,4+,5+/m1/s1. The van der Waals surface area contributed by atoms with Gasteiger partial charge in [-0.15, -0.1) is 0 Å². The largest absolute Gasteiger partial charge is 0.394 e. The van der Waals surface area contributed by atoms with Crippen LogP contribution in [0.5, 0.6) is 0 Å². The molecule has 0 bridgehead atoms. The molecule has 0 saturated heterocycles. The minimum Gasteiger partial charge on any atom is -0.394 e. The van der Waals surface area contributed by atoms with Crippen LogP contribution in [-0.2, 0) is 4.89 Å². The minimum absolute atomic E-state index is 0.516. The number of aliphatic hydroxyl groups excluding tert-OH is 4. The Morgan fingerprint density at radius 3 is 2.00 bits per heavy atom. The van der Waals surface area contributed by atoms with E-state index in [1.807, 2.05) is 0 Å². The molecule has 0 aromatic carbocycles. The molecule has 0 aliphatic rings. The van der Waals surface area contributed by atoms with Crippen LogP contribution in [-0.4, -0.2) is 57.2 Å². The van der Waals surface area contributed by atoms with E-state index in [0.29, 0.717) is 0 Å². The first-order chi connectivity index (χ1) is 5.13. The highest BCUT2D eigenvalue weighted by molar-refractivity contribution is 4.73. The summed E-state index contributed by atoms with van der Waals surface area (Å²) in [5.74, 6) is 0. The van der Waals surface area contributed by atoms with Crippen molar-refractivity contribution >= 4 is 0 Å². The van der Waals surface area contributed by atoms with E-state index in [2.05, 4.69) is 4.89 Å². The van der Waals surface area contributed by atoms with Crippen molar-refractivity contribution in [2.75, 3.05) is 13.2 Å². The first kappa shape index (κ1) is 10.8. The normalized spacial score (nSPS) is 19.4. The van der Waals surface area contributed by atoms with E-state index >= 15 is 0 Å². The molecule has 6 heteroatoms. The average molecular weight is 168 g/mol. The van der Waals surface area contributed by atoms with Crippen molar-refractivity contribution in [3.63, 3.8) is 0 Å². The molecule has 0 spiro atoms. The van der Waals surface area contributed by atoms with E-state index in [-0.39, 0.29) is 0 Å². The van der Waals surface area contributed by atoms with Crippen molar-refractivity contribution < 1.29 is 30.6 Å². The Bertz CT molecular complexity index is 97.0. The van der Waals surface area contributed by atoms with Gasteiger partial charge in [-0.1, -0.05) is 0 Å². The van der Waals surface area contributed by atoms with Gasteiger partial charge < -0.3 is 20.4 Å². The summed E-state index contributed by atoms with van der Waals surface area (Å²) < 4.78 is 0.